The number of carbonyl (C=O) groups is 2. The van der Waals surface area contributed by atoms with Gasteiger partial charge in [-0.05, 0) is 81.5 Å². The van der Waals surface area contributed by atoms with E-state index in [0.29, 0.717) is 6.61 Å². The van der Waals surface area contributed by atoms with Crippen LogP contribution in [0.5, 0.6) is 5.75 Å². The highest BCUT2D eigenvalue weighted by Gasteiger charge is 2.21. The van der Waals surface area contributed by atoms with Gasteiger partial charge in [-0.15, -0.1) is 0 Å². The first-order chi connectivity index (χ1) is 19.8. The van der Waals surface area contributed by atoms with E-state index >= 15 is 0 Å². The summed E-state index contributed by atoms with van der Waals surface area (Å²) in [6.07, 6.45) is 0. The molecule has 5 aromatic rings. The van der Waals surface area contributed by atoms with Gasteiger partial charge >= 0.3 is 0 Å². The van der Waals surface area contributed by atoms with Crippen molar-refractivity contribution in [2.45, 2.75) is 20.5 Å². The molecule has 0 aliphatic carbocycles. The number of aryl methyl sites for hydroxylation is 1. The Morgan fingerprint density at radius 1 is 0.902 bits per heavy atom. The van der Waals surface area contributed by atoms with Gasteiger partial charge in [0, 0.05) is 35.2 Å². The number of nitrogens with zero attached hydrogens (tertiary/aromatic N) is 2. The van der Waals surface area contributed by atoms with Crippen LogP contribution >= 0.6 is 37.9 Å². The third-order valence-electron chi connectivity index (χ3n) is 7.35. The fourth-order valence-electron chi connectivity index (χ4n) is 5.41. The second kappa shape index (κ2) is 10.5. The molecule has 2 unspecified atom stereocenters. The lowest BCUT2D eigenvalue weighted by molar-refractivity contribution is -0.110. The molecule has 0 amide bonds. The Hall–Kier alpha value is -3.25. The molecule has 9 heteroatoms. The molecule has 1 aromatic heterocycles. The fourth-order valence-corrected chi connectivity index (χ4v) is 10.3. The quantitative estimate of drug-likeness (QED) is 0.154. The number of benzene rings is 4. The first-order valence-corrected chi connectivity index (χ1v) is 17.5. The van der Waals surface area contributed by atoms with Gasteiger partial charge < -0.3 is 14.6 Å². The number of imidazole rings is 1. The maximum atomic E-state index is 11.7. The zero-order valence-corrected chi connectivity index (χ0v) is 26.8. The summed E-state index contributed by atoms with van der Waals surface area (Å²) in [5.41, 5.74) is 11.1. The fraction of sp³-hybridized carbons (Fsp3) is 0.125. The molecule has 1 N–H and O–H groups in total. The van der Waals surface area contributed by atoms with Crippen molar-refractivity contribution in [1.82, 2.24) is 14.9 Å². The van der Waals surface area contributed by atoms with Crippen LogP contribution in [0, 0.1) is 0 Å². The number of ether oxygens (including phenoxy) is 1. The zero-order chi connectivity index (χ0) is 28.2. The average Bonchev–Trinajstić information content (AvgIpc) is 3.55. The molecule has 0 fully saturated rings. The maximum Gasteiger partial charge on any atom is 0.156 e. The smallest absolute Gasteiger partial charge is 0.156 e. The number of aromatic nitrogens is 2. The lowest BCUT2D eigenvalue weighted by Crippen LogP contribution is -2.13. The Morgan fingerprint density at radius 3 is 2.49 bits per heavy atom. The van der Waals surface area contributed by atoms with Gasteiger partial charge in [-0.3, -0.25) is 9.59 Å². The highest BCUT2D eigenvalue weighted by molar-refractivity contribution is 14.2. The largest absolute Gasteiger partial charge is 0.488 e. The molecular formula is C32H26IN3O3P2. The van der Waals surface area contributed by atoms with Gasteiger partial charge in [0.05, 0.1) is 20.1 Å². The van der Waals surface area contributed by atoms with E-state index in [2.05, 4.69) is 75.0 Å². The number of carbonyl (C=O) groups excluding carboxylic acids is 2. The van der Waals surface area contributed by atoms with Gasteiger partial charge in [-0.25, -0.2) is 4.98 Å². The van der Waals surface area contributed by atoms with Gasteiger partial charge in [0.15, 0.2) is 11.0 Å². The summed E-state index contributed by atoms with van der Waals surface area (Å²) in [5, 5.41) is 5.73. The molecule has 2 atom stereocenters. The first kappa shape index (κ1) is 26.6. The minimum Gasteiger partial charge on any atom is -0.488 e. The number of nitrogens with one attached hydrogen (secondary N) is 1. The third kappa shape index (κ3) is 4.94. The number of hydrogen-bond acceptors (Lipinski definition) is 5. The summed E-state index contributed by atoms with van der Waals surface area (Å²) in [6, 6.07) is 23.7. The van der Waals surface area contributed by atoms with E-state index in [1.54, 1.807) is 13.8 Å². The second-order valence-corrected chi connectivity index (χ2v) is 16.4. The van der Waals surface area contributed by atoms with Crippen LogP contribution in [0.15, 0.2) is 70.8 Å². The molecule has 0 spiro atoms. The van der Waals surface area contributed by atoms with Crippen LogP contribution in [0.4, 0.5) is 0 Å². The summed E-state index contributed by atoms with van der Waals surface area (Å²) in [4.78, 5) is 27.9. The molecule has 7 rings (SSSR count). The molecule has 2 aliphatic rings. The van der Waals surface area contributed by atoms with Crippen molar-refractivity contribution in [1.29, 1.82) is 0 Å². The Kier molecular flexibility index (Phi) is 6.85. The van der Waals surface area contributed by atoms with Gasteiger partial charge in [-0.1, -0.05) is 57.1 Å². The van der Waals surface area contributed by atoms with Gasteiger partial charge in [-0.2, -0.15) is 0 Å². The summed E-state index contributed by atoms with van der Waals surface area (Å²) < 4.78 is 11.9. The Morgan fingerprint density at radius 2 is 1.66 bits per heavy atom. The topological polar surface area (TPSA) is 73.2 Å². The van der Waals surface area contributed by atoms with E-state index in [1.807, 2.05) is 17.7 Å². The van der Waals surface area contributed by atoms with Crippen molar-refractivity contribution in [3.05, 3.63) is 81.9 Å². The predicted octanol–water partition coefficient (Wildman–Crippen LogP) is 6.99. The molecular weight excluding hydrogens is 663 g/mol. The normalized spacial score (nSPS) is 14.5. The van der Waals surface area contributed by atoms with Crippen molar-refractivity contribution >= 4 is 85.4 Å². The van der Waals surface area contributed by atoms with Crippen molar-refractivity contribution in [3.63, 3.8) is 0 Å². The highest BCUT2D eigenvalue weighted by atomic mass is 127. The molecule has 0 radical (unpaired) electrons. The Balaban J connectivity index is 1.19. The lowest BCUT2D eigenvalue weighted by Gasteiger charge is -2.23. The van der Waals surface area contributed by atoms with Crippen molar-refractivity contribution in [3.8, 4) is 28.0 Å². The van der Waals surface area contributed by atoms with Gasteiger partial charge in [0.1, 0.15) is 17.9 Å². The SMILES string of the molecule is CC(=O)PC1=IC=C(c2ccc3c4c(ccc3c2)-c2ccc(-c3ccc5nc(PC(C)=O)n(C)c5c3)cc2CO4)N1. The summed E-state index contributed by atoms with van der Waals surface area (Å²) >= 11 is -0.245. The second-order valence-electron chi connectivity index (χ2n) is 10.2. The maximum absolute atomic E-state index is 11.7. The molecule has 0 bridgehead atoms. The average molecular weight is 689 g/mol. The van der Waals surface area contributed by atoms with E-state index in [1.165, 1.54) is 8.94 Å². The summed E-state index contributed by atoms with van der Waals surface area (Å²) in [7, 11) is 2.29. The highest BCUT2D eigenvalue weighted by Crippen LogP contribution is 2.44. The van der Waals surface area contributed by atoms with Gasteiger partial charge in [0.2, 0.25) is 0 Å². The molecule has 3 heterocycles. The zero-order valence-electron chi connectivity index (χ0n) is 22.6. The minimum absolute atomic E-state index is 0.0638. The van der Waals surface area contributed by atoms with Crippen LogP contribution in [0.1, 0.15) is 25.0 Å². The molecule has 4 aromatic carbocycles. The monoisotopic (exact) mass is 689 g/mol. The minimum atomic E-state index is -0.245. The predicted molar refractivity (Wildman–Crippen MR) is 181 cm³/mol. The van der Waals surface area contributed by atoms with Crippen LogP contribution in [-0.4, -0.2) is 24.0 Å². The number of halogens is 1. The van der Waals surface area contributed by atoms with Gasteiger partial charge in [0.25, 0.3) is 0 Å². The first-order valence-electron chi connectivity index (χ1n) is 13.2. The van der Waals surface area contributed by atoms with Crippen molar-refractivity contribution in [2.75, 3.05) is 0 Å². The summed E-state index contributed by atoms with van der Waals surface area (Å²) in [5.74, 6) is 0.926. The number of hydrogen-bond donors (Lipinski definition) is 1. The standard InChI is InChI=1S/C32H26IN3O3P2/c1-17(37)40-31-33-15-28(34-31)22-6-9-25-21(13-22)5-10-26-24-8-4-19(12-23(24)16-39-30(25)26)20-7-11-27-29(14-20)36(3)32(35-27)41-18(2)38/h4-15,34,40-41H,16H2,1-3H3. The van der Waals surface area contributed by atoms with E-state index in [0.717, 1.165) is 66.6 Å². The molecule has 204 valence electrons. The van der Waals surface area contributed by atoms with Crippen LogP contribution in [-0.2, 0) is 23.2 Å². The van der Waals surface area contributed by atoms with E-state index < -0.39 is 0 Å². The molecule has 0 saturated heterocycles. The lowest BCUT2D eigenvalue weighted by atomic mass is 9.91. The van der Waals surface area contributed by atoms with Crippen LogP contribution in [0.3, 0.4) is 0 Å². The number of fused-ring (bicyclic) bond motifs is 6. The van der Waals surface area contributed by atoms with Crippen LogP contribution in [0.25, 0.3) is 49.8 Å². The van der Waals surface area contributed by atoms with Crippen LogP contribution < -0.4 is 15.6 Å². The van der Waals surface area contributed by atoms with Crippen molar-refractivity contribution in [2.24, 2.45) is 7.05 Å². The molecule has 6 nitrogen and oxygen atoms in total. The molecule has 41 heavy (non-hydrogen) atoms. The van der Waals surface area contributed by atoms with E-state index in [4.69, 9.17) is 4.74 Å². The number of rotatable bonds is 6. The van der Waals surface area contributed by atoms with Crippen LogP contribution in [0.2, 0.25) is 0 Å². The van der Waals surface area contributed by atoms with E-state index in [-0.39, 0.29) is 48.9 Å². The molecule has 2 aliphatic heterocycles. The Labute approximate surface area is 250 Å². The molecule has 0 saturated carbocycles. The summed E-state index contributed by atoms with van der Waals surface area (Å²) in [6.45, 7) is 3.77. The van der Waals surface area contributed by atoms with E-state index in [9.17, 15) is 9.59 Å². The third-order valence-corrected chi connectivity index (χ3v) is 12.4. The Bertz CT molecular complexity index is 2010. The van der Waals surface area contributed by atoms with Crippen molar-refractivity contribution < 1.29 is 14.3 Å².